The number of rotatable bonds is 5. The van der Waals surface area contributed by atoms with Gasteiger partial charge in [-0.15, -0.1) is 0 Å². The summed E-state index contributed by atoms with van der Waals surface area (Å²) in [5.74, 6) is -1.34. The van der Waals surface area contributed by atoms with Crippen LogP contribution in [0.25, 0.3) is 5.69 Å². The van der Waals surface area contributed by atoms with Crippen LogP contribution in [0.15, 0.2) is 48.4 Å². The zero-order valence-corrected chi connectivity index (χ0v) is 12.0. The highest BCUT2D eigenvalue weighted by Crippen LogP contribution is 2.14. The fraction of sp³-hybridized carbons (Fsp3) is 0.143. The summed E-state index contributed by atoms with van der Waals surface area (Å²) in [4.78, 5) is 24.4. The number of anilines is 1. The zero-order chi connectivity index (χ0) is 15.9. The first-order valence-electron chi connectivity index (χ1n) is 6.26. The van der Waals surface area contributed by atoms with Crippen LogP contribution in [0.1, 0.15) is 0 Å². The smallest absolute Gasteiger partial charge is 0.354 e. The average molecular weight is 302 g/mol. The summed E-state index contributed by atoms with van der Waals surface area (Å²) in [5, 5.41) is 10.8. The zero-order valence-electron chi connectivity index (χ0n) is 12.0. The van der Waals surface area contributed by atoms with E-state index in [2.05, 4.69) is 25.0 Å². The van der Waals surface area contributed by atoms with Crippen LogP contribution in [0, 0.1) is 0 Å². The van der Waals surface area contributed by atoms with Crippen molar-refractivity contribution in [1.29, 1.82) is 0 Å². The van der Waals surface area contributed by atoms with Crippen molar-refractivity contribution in [3.05, 3.63) is 48.4 Å². The number of nitrogens with zero attached hydrogens (tertiary/aromatic N) is 3. The SMILES string of the molecule is COC(=O)/C=C(/Nc1ccc(-n2nccn2)cc1)C(=O)OC. The number of carbonyl (C=O) groups is 2. The maximum Gasteiger partial charge on any atom is 0.354 e. The number of carbonyl (C=O) groups excluding carboxylic acids is 2. The van der Waals surface area contributed by atoms with Gasteiger partial charge in [0, 0.05) is 5.69 Å². The van der Waals surface area contributed by atoms with Crippen LogP contribution in [0.5, 0.6) is 0 Å². The highest BCUT2D eigenvalue weighted by Gasteiger charge is 2.12. The van der Waals surface area contributed by atoms with E-state index in [9.17, 15) is 9.59 Å². The Kier molecular flexibility index (Phi) is 4.86. The molecule has 0 spiro atoms. The van der Waals surface area contributed by atoms with Crippen molar-refractivity contribution in [2.75, 3.05) is 19.5 Å². The molecular weight excluding hydrogens is 288 g/mol. The van der Waals surface area contributed by atoms with E-state index in [0.717, 1.165) is 11.8 Å². The van der Waals surface area contributed by atoms with E-state index < -0.39 is 11.9 Å². The number of benzene rings is 1. The van der Waals surface area contributed by atoms with Gasteiger partial charge in [0.05, 0.1) is 38.4 Å². The Morgan fingerprint density at radius 1 is 1.09 bits per heavy atom. The Balaban J connectivity index is 2.18. The quantitative estimate of drug-likeness (QED) is 0.647. The molecule has 1 aromatic carbocycles. The Labute approximate surface area is 126 Å². The summed E-state index contributed by atoms with van der Waals surface area (Å²) in [5.41, 5.74) is 1.32. The Hall–Kier alpha value is -3.16. The molecular formula is C14H14N4O4. The number of hydrogen-bond acceptors (Lipinski definition) is 7. The summed E-state index contributed by atoms with van der Waals surface area (Å²) in [7, 11) is 2.45. The lowest BCUT2D eigenvalue weighted by molar-refractivity contribution is -0.138. The third-order valence-corrected chi connectivity index (χ3v) is 2.66. The molecule has 0 saturated heterocycles. The Bertz CT molecular complexity index is 677. The van der Waals surface area contributed by atoms with Crippen LogP contribution in [0.2, 0.25) is 0 Å². The van der Waals surface area contributed by atoms with Crippen LogP contribution in [-0.4, -0.2) is 41.2 Å². The van der Waals surface area contributed by atoms with E-state index >= 15 is 0 Å². The normalized spacial score (nSPS) is 10.9. The molecule has 0 atom stereocenters. The summed E-state index contributed by atoms with van der Waals surface area (Å²) in [6.07, 6.45) is 4.16. The molecule has 0 fully saturated rings. The molecule has 8 heteroatoms. The second-order valence-corrected chi connectivity index (χ2v) is 4.06. The van der Waals surface area contributed by atoms with Crippen molar-refractivity contribution in [3.63, 3.8) is 0 Å². The molecule has 2 aromatic rings. The topological polar surface area (TPSA) is 95.3 Å². The van der Waals surface area contributed by atoms with Crippen molar-refractivity contribution in [1.82, 2.24) is 15.0 Å². The lowest BCUT2D eigenvalue weighted by Gasteiger charge is -2.09. The second kappa shape index (κ2) is 7.02. The monoisotopic (exact) mass is 302 g/mol. The number of aromatic nitrogens is 3. The van der Waals surface area contributed by atoms with Gasteiger partial charge >= 0.3 is 11.9 Å². The molecule has 0 amide bonds. The van der Waals surface area contributed by atoms with Gasteiger partial charge in [-0.2, -0.15) is 15.0 Å². The van der Waals surface area contributed by atoms with E-state index in [1.54, 1.807) is 36.7 Å². The number of methoxy groups -OCH3 is 2. The first-order chi connectivity index (χ1) is 10.6. The molecule has 0 aliphatic rings. The van der Waals surface area contributed by atoms with Crippen molar-refractivity contribution in [2.24, 2.45) is 0 Å². The fourth-order valence-electron chi connectivity index (χ4n) is 1.62. The first kappa shape index (κ1) is 15.2. The van der Waals surface area contributed by atoms with E-state index in [0.29, 0.717) is 5.69 Å². The van der Waals surface area contributed by atoms with Gasteiger partial charge in [-0.3, -0.25) is 0 Å². The maximum absolute atomic E-state index is 11.6. The minimum atomic E-state index is -0.678. The van der Waals surface area contributed by atoms with Crippen LogP contribution in [-0.2, 0) is 19.1 Å². The van der Waals surface area contributed by atoms with Gasteiger partial charge in [0.1, 0.15) is 5.70 Å². The standard InChI is InChI=1S/C14H14N4O4/c1-21-13(19)9-12(14(20)22-2)17-10-3-5-11(6-4-10)18-15-7-8-16-18/h3-9,17H,1-2H3/b12-9+. The molecule has 0 bridgehead atoms. The van der Waals surface area contributed by atoms with Gasteiger partial charge in [-0.1, -0.05) is 0 Å². The van der Waals surface area contributed by atoms with Crippen LogP contribution in [0.3, 0.4) is 0 Å². The minimum Gasteiger partial charge on any atom is -0.466 e. The number of esters is 2. The van der Waals surface area contributed by atoms with Gasteiger partial charge in [-0.05, 0) is 24.3 Å². The largest absolute Gasteiger partial charge is 0.466 e. The Morgan fingerprint density at radius 3 is 2.27 bits per heavy atom. The van der Waals surface area contributed by atoms with Crippen LogP contribution >= 0.6 is 0 Å². The average Bonchev–Trinajstić information content (AvgIpc) is 3.08. The van der Waals surface area contributed by atoms with E-state index in [1.165, 1.54) is 19.0 Å². The Morgan fingerprint density at radius 2 is 1.73 bits per heavy atom. The van der Waals surface area contributed by atoms with Gasteiger partial charge < -0.3 is 14.8 Å². The van der Waals surface area contributed by atoms with Gasteiger partial charge in [0.15, 0.2) is 0 Å². The van der Waals surface area contributed by atoms with Gasteiger partial charge in [0.25, 0.3) is 0 Å². The van der Waals surface area contributed by atoms with Crippen molar-refractivity contribution < 1.29 is 19.1 Å². The van der Waals surface area contributed by atoms with Crippen molar-refractivity contribution in [3.8, 4) is 5.69 Å². The molecule has 0 unspecified atom stereocenters. The number of nitrogens with one attached hydrogen (secondary N) is 1. The molecule has 8 nitrogen and oxygen atoms in total. The van der Waals surface area contributed by atoms with E-state index in [-0.39, 0.29) is 5.70 Å². The highest BCUT2D eigenvalue weighted by atomic mass is 16.5. The highest BCUT2D eigenvalue weighted by molar-refractivity contribution is 5.98. The van der Waals surface area contributed by atoms with Gasteiger partial charge in [-0.25, -0.2) is 9.59 Å². The molecule has 0 aliphatic heterocycles. The first-order valence-corrected chi connectivity index (χ1v) is 6.26. The molecule has 2 rings (SSSR count). The predicted molar refractivity (Wildman–Crippen MR) is 77.1 cm³/mol. The molecule has 0 radical (unpaired) electrons. The molecule has 0 saturated carbocycles. The van der Waals surface area contributed by atoms with E-state index in [4.69, 9.17) is 0 Å². The third-order valence-electron chi connectivity index (χ3n) is 2.66. The van der Waals surface area contributed by atoms with Crippen LogP contribution in [0.4, 0.5) is 5.69 Å². The molecule has 22 heavy (non-hydrogen) atoms. The minimum absolute atomic E-state index is 0.0284. The van der Waals surface area contributed by atoms with Gasteiger partial charge in [0.2, 0.25) is 0 Å². The number of ether oxygens (including phenoxy) is 2. The summed E-state index contributed by atoms with van der Waals surface area (Å²) >= 11 is 0. The molecule has 1 heterocycles. The number of hydrogen-bond donors (Lipinski definition) is 1. The summed E-state index contributed by atoms with van der Waals surface area (Å²) in [6.45, 7) is 0. The lowest BCUT2D eigenvalue weighted by Crippen LogP contribution is -2.15. The summed E-state index contributed by atoms with van der Waals surface area (Å²) in [6, 6.07) is 6.95. The molecule has 0 aliphatic carbocycles. The predicted octanol–water partition coefficient (Wildman–Crippen LogP) is 0.909. The van der Waals surface area contributed by atoms with Crippen LogP contribution < -0.4 is 5.32 Å². The maximum atomic E-state index is 11.6. The lowest BCUT2D eigenvalue weighted by atomic mass is 10.2. The van der Waals surface area contributed by atoms with Crippen molar-refractivity contribution in [2.45, 2.75) is 0 Å². The van der Waals surface area contributed by atoms with E-state index in [1.807, 2.05) is 0 Å². The molecule has 114 valence electrons. The molecule has 1 N–H and O–H groups in total. The second-order valence-electron chi connectivity index (χ2n) is 4.06. The fourth-order valence-corrected chi connectivity index (χ4v) is 1.62. The third kappa shape index (κ3) is 3.69. The summed E-state index contributed by atoms with van der Waals surface area (Å²) < 4.78 is 9.11. The van der Waals surface area contributed by atoms with Crippen molar-refractivity contribution >= 4 is 17.6 Å². The molecule has 1 aromatic heterocycles.